The van der Waals surface area contributed by atoms with Crippen molar-refractivity contribution in [2.24, 2.45) is 0 Å². The van der Waals surface area contributed by atoms with Crippen molar-refractivity contribution in [1.29, 1.82) is 0 Å². The normalized spacial score (nSPS) is 15.1. The van der Waals surface area contributed by atoms with Gasteiger partial charge in [0.05, 0.1) is 13.2 Å². The zero-order chi connectivity index (χ0) is 20.6. The minimum Gasteiger partial charge on any atom is -0.497 e. The molecular weight excluding hydrogens is 371 g/mol. The van der Waals surface area contributed by atoms with Gasteiger partial charge in [0.2, 0.25) is 5.91 Å². The van der Waals surface area contributed by atoms with E-state index in [1.54, 1.807) is 43.5 Å². The van der Waals surface area contributed by atoms with Gasteiger partial charge in [0.1, 0.15) is 11.6 Å². The van der Waals surface area contributed by atoms with Crippen LogP contribution >= 0.6 is 0 Å². The molecule has 1 unspecified atom stereocenters. The molecule has 2 aromatic carbocycles. The molecule has 0 aliphatic carbocycles. The number of nitrogens with one attached hydrogen (secondary N) is 1. The fourth-order valence-electron chi connectivity index (χ4n) is 3.66. The van der Waals surface area contributed by atoms with Crippen LogP contribution in [0.1, 0.15) is 47.6 Å². The van der Waals surface area contributed by atoms with Crippen molar-refractivity contribution < 1.29 is 18.7 Å². The molecule has 0 spiro atoms. The fourth-order valence-corrected chi connectivity index (χ4v) is 3.66. The molecule has 1 aliphatic rings. The predicted octanol–water partition coefficient (Wildman–Crippen LogP) is 3.75. The first-order valence-electron chi connectivity index (χ1n) is 10.0. The molecule has 2 aromatic rings. The number of ether oxygens (including phenoxy) is 1. The summed E-state index contributed by atoms with van der Waals surface area (Å²) in [6.07, 6.45) is 2.53. The van der Waals surface area contributed by atoms with Gasteiger partial charge < -0.3 is 10.1 Å². The van der Waals surface area contributed by atoms with E-state index in [-0.39, 0.29) is 36.4 Å². The van der Waals surface area contributed by atoms with Crippen LogP contribution in [0.2, 0.25) is 0 Å². The first-order chi connectivity index (χ1) is 14.1. The van der Waals surface area contributed by atoms with Crippen LogP contribution < -0.4 is 10.1 Å². The van der Waals surface area contributed by atoms with E-state index in [4.69, 9.17) is 4.74 Å². The second-order valence-electron chi connectivity index (χ2n) is 7.27. The third-order valence-corrected chi connectivity index (χ3v) is 5.30. The maximum Gasteiger partial charge on any atom is 0.220 e. The molecule has 3 rings (SSSR count). The number of benzene rings is 2. The summed E-state index contributed by atoms with van der Waals surface area (Å²) in [6, 6.07) is 13.4. The molecule has 5 nitrogen and oxygen atoms in total. The first-order valence-corrected chi connectivity index (χ1v) is 10.0. The molecule has 1 fully saturated rings. The lowest BCUT2D eigenvalue weighted by atomic mass is 10.0. The molecule has 6 heteroatoms. The monoisotopic (exact) mass is 398 g/mol. The van der Waals surface area contributed by atoms with Crippen LogP contribution in [-0.4, -0.2) is 43.3 Å². The van der Waals surface area contributed by atoms with Crippen LogP contribution in [0.3, 0.4) is 0 Å². The zero-order valence-corrected chi connectivity index (χ0v) is 16.7. The van der Waals surface area contributed by atoms with Crippen LogP contribution in [0, 0.1) is 5.82 Å². The Bertz CT molecular complexity index is 832. The third kappa shape index (κ3) is 5.87. The van der Waals surface area contributed by atoms with Crippen molar-refractivity contribution in [3.05, 3.63) is 65.5 Å². The average molecular weight is 398 g/mol. The smallest absolute Gasteiger partial charge is 0.220 e. The highest BCUT2D eigenvalue weighted by atomic mass is 19.1. The van der Waals surface area contributed by atoms with Gasteiger partial charge in [0.25, 0.3) is 0 Å². The topological polar surface area (TPSA) is 58.6 Å². The highest BCUT2D eigenvalue weighted by molar-refractivity contribution is 5.98. The van der Waals surface area contributed by atoms with Gasteiger partial charge in [-0.15, -0.1) is 0 Å². The zero-order valence-electron chi connectivity index (χ0n) is 16.7. The lowest BCUT2D eigenvalue weighted by Crippen LogP contribution is -2.36. The largest absolute Gasteiger partial charge is 0.497 e. The SMILES string of the molecule is COc1cccc(C(=O)CCC(=O)NCC(c2ccc(F)cc2)N2CCCC2)c1. The van der Waals surface area contributed by atoms with E-state index in [2.05, 4.69) is 10.2 Å². The summed E-state index contributed by atoms with van der Waals surface area (Å²) in [5.74, 6) is 0.100. The second-order valence-corrected chi connectivity index (χ2v) is 7.27. The average Bonchev–Trinajstić information content (AvgIpc) is 3.28. The number of methoxy groups -OCH3 is 1. The van der Waals surface area contributed by atoms with E-state index in [9.17, 15) is 14.0 Å². The number of nitrogens with zero attached hydrogens (tertiary/aromatic N) is 1. The molecule has 1 atom stereocenters. The summed E-state index contributed by atoms with van der Waals surface area (Å²) in [7, 11) is 1.55. The predicted molar refractivity (Wildman–Crippen MR) is 110 cm³/mol. The van der Waals surface area contributed by atoms with Gasteiger partial charge in [-0.1, -0.05) is 24.3 Å². The van der Waals surface area contributed by atoms with Crippen molar-refractivity contribution in [1.82, 2.24) is 10.2 Å². The summed E-state index contributed by atoms with van der Waals surface area (Å²) in [5, 5.41) is 2.95. The summed E-state index contributed by atoms with van der Waals surface area (Å²) in [4.78, 5) is 27.0. The van der Waals surface area contributed by atoms with Gasteiger partial charge in [-0.2, -0.15) is 0 Å². The maximum atomic E-state index is 13.3. The molecular formula is C23H27FN2O3. The van der Waals surface area contributed by atoms with E-state index >= 15 is 0 Å². The Kier molecular flexibility index (Phi) is 7.36. The Morgan fingerprint density at radius 2 is 1.83 bits per heavy atom. The van der Waals surface area contributed by atoms with E-state index in [1.165, 1.54) is 12.1 Å². The van der Waals surface area contributed by atoms with Gasteiger partial charge in [-0.3, -0.25) is 14.5 Å². The maximum absolute atomic E-state index is 13.3. The molecule has 0 saturated carbocycles. The lowest BCUT2D eigenvalue weighted by molar-refractivity contribution is -0.121. The number of hydrogen-bond donors (Lipinski definition) is 1. The van der Waals surface area contributed by atoms with Crippen molar-refractivity contribution in [2.75, 3.05) is 26.7 Å². The molecule has 1 N–H and O–H groups in total. The number of carbonyl (C=O) groups is 2. The molecule has 29 heavy (non-hydrogen) atoms. The molecule has 0 aromatic heterocycles. The number of rotatable bonds is 9. The van der Waals surface area contributed by atoms with Crippen LogP contribution in [0.15, 0.2) is 48.5 Å². The minimum atomic E-state index is -0.269. The molecule has 0 bridgehead atoms. The van der Waals surface area contributed by atoms with Crippen molar-refractivity contribution in [3.8, 4) is 5.75 Å². The van der Waals surface area contributed by atoms with Gasteiger partial charge >= 0.3 is 0 Å². The van der Waals surface area contributed by atoms with Gasteiger partial charge in [0, 0.05) is 24.9 Å². The first kappa shape index (κ1) is 21.0. The number of amides is 1. The summed E-state index contributed by atoms with van der Waals surface area (Å²) < 4.78 is 18.4. The Labute approximate surface area is 170 Å². The molecule has 1 saturated heterocycles. The summed E-state index contributed by atoms with van der Waals surface area (Å²) in [5.41, 5.74) is 1.53. The Balaban J connectivity index is 1.54. The van der Waals surface area contributed by atoms with Gasteiger partial charge in [-0.25, -0.2) is 4.39 Å². The van der Waals surface area contributed by atoms with Crippen molar-refractivity contribution in [3.63, 3.8) is 0 Å². The van der Waals surface area contributed by atoms with Gasteiger partial charge in [-0.05, 0) is 55.8 Å². The second kappa shape index (κ2) is 10.2. The van der Waals surface area contributed by atoms with Gasteiger partial charge in [0.15, 0.2) is 5.78 Å². The number of ketones is 1. The third-order valence-electron chi connectivity index (χ3n) is 5.30. The Hall–Kier alpha value is -2.73. The summed E-state index contributed by atoms with van der Waals surface area (Å²) in [6.45, 7) is 2.37. The standard InChI is InChI=1S/C23H27FN2O3/c1-29-20-6-4-5-18(15-20)22(27)11-12-23(28)25-16-21(26-13-2-3-14-26)17-7-9-19(24)10-8-17/h4-10,15,21H,2-3,11-14,16H2,1H3,(H,25,28). The van der Waals surface area contributed by atoms with Crippen molar-refractivity contribution in [2.45, 2.75) is 31.7 Å². The van der Waals surface area contributed by atoms with Crippen LogP contribution in [0.5, 0.6) is 5.75 Å². The number of Topliss-reactive ketones (excluding diaryl/α,β-unsaturated/α-hetero) is 1. The highest BCUT2D eigenvalue weighted by Gasteiger charge is 2.24. The Morgan fingerprint density at radius 1 is 1.10 bits per heavy atom. The molecule has 1 heterocycles. The number of likely N-dealkylation sites (tertiary alicyclic amines) is 1. The summed E-state index contributed by atoms with van der Waals surface area (Å²) >= 11 is 0. The highest BCUT2D eigenvalue weighted by Crippen LogP contribution is 2.25. The number of carbonyl (C=O) groups excluding carboxylic acids is 2. The molecule has 0 radical (unpaired) electrons. The number of hydrogen-bond acceptors (Lipinski definition) is 4. The Morgan fingerprint density at radius 3 is 2.52 bits per heavy atom. The fraction of sp³-hybridized carbons (Fsp3) is 0.391. The molecule has 1 amide bonds. The lowest BCUT2D eigenvalue weighted by Gasteiger charge is -2.28. The van der Waals surface area contributed by atoms with E-state index < -0.39 is 0 Å². The minimum absolute atomic E-state index is 0.0103. The van der Waals surface area contributed by atoms with Crippen LogP contribution in [0.25, 0.3) is 0 Å². The van der Waals surface area contributed by atoms with E-state index in [1.807, 2.05) is 0 Å². The number of halogens is 1. The van der Waals surface area contributed by atoms with E-state index in [0.29, 0.717) is 17.9 Å². The van der Waals surface area contributed by atoms with Crippen LogP contribution in [0.4, 0.5) is 4.39 Å². The van der Waals surface area contributed by atoms with Crippen LogP contribution in [-0.2, 0) is 4.79 Å². The quantitative estimate of drug-likeness (QED) is 0.654. The molecule has 1 aliphatic heterocycles. The van der Waals surface area contributed by atoms with E-state index in [0.717, 1.165) is 31.5 Å². The van der Waals surface area contributed by atoms with Crippen molar-refractivity contribution >= 4 is 11.7 Å². The molecule has 154 valence electrons.